The fourth-order valence-electron chi connectivity index (χ4n) is 5.45. The Morgan fingerprint density at radius 3 is 1.53 bits per heavy atom. The molecule has 0 N–H and O–H groups in total. The zero-order valence-electron chi connectivity index (χ0n) is 35.6. The van der Waals surface area contributed by atoms with Gasteiger partial charge >= 0.3 is 11.9 Å². The summed E-state index contributed by atoms with van der Waals surface area (Å²) in [4.78, 5) is 37.5. The number of rotatable bonds is 38. The van der Waals surface area contributed by atoms with E-state index in [0.29, 0.717) is 23.9 Å². The van der Waals surface area contributed by atoms with Crippen LogP contribution in [0.25, 0.3) is 0 Å². The van der Waals surface area contributed by atoms with Crippen LogP contribution >= 0.6 is 7.82 Å². The van der Waals surface area contributed by atoms with Crippen molar-refractivity contribution in [2.24, 2.45) is 0 Å². The van der Waals surface area contributed by atoms with Gasteiger partial charge in [0.25, 0.3) is 7.82 Å². The van der Waals surface area contributed by atoms with Gasteiger partial charge in [-0.2, -0.15) is 0 Å². The van der Waals surface area contributed by atoms with Crippen molar-refractivity contribution in [2.75, 3.05) is 47.5 Å². The van der Waals surface area contributed by atoms with Crippen LogP contribution in [0.1, 0.15) is 162 Å². The van der Waals surface area contributed by atoms with Crippen molar-refractivity contribution in [2.45, 2.75) is 168 Å². The van der Waals surface area contributed by atoms with Gasteiger partial charge in [0, 0.05) is 12.8 Å². The normalized spacial score (nSPS) is 14.2. The number of hydrogen-bond donors (Lipinski definition) is 0. The van der Waals surface area contributed by atoms with Crippen LogP contribution in [-0.2, 0) is 32.7 Å². The topological polar surface area (TPSA) is 111 Å². The highest BCUT2D eigenvalue weighted by atomic mass is 31.2. The van der Waals surface area contributed by atoms with Crippen molar-refractivity contribution < 1.29 is 42.1 Å². The third-order valence-corrected chi connectivity index (χ3v) is 9.77. The van der Waals surface area contributed by atoms with Crippen molar-refractivity contribution in [3.63, 3.8) is 0 Å². The van der Waals surface area contributed by atoms with Crippen molar-refractivity contribution in [3.05, 3.63) is 60.8 Å². The predicted molar refractivity (Wildman–Crippen MR) is 226 cm³/mol. The fourth-order valence-corrected chi connectivity index (χ4v) is 6.18. The molecule has 55 heavy (non-hydrogen) atoms. The van der Waals surface area contributed by atoms with E-state index in [-0.39, 0.29) is 26.1 Å². The first-order chi connectivity index (χ1) is 26.5. The number of phosphoric ester groups is 1. The third kappa shape index (κ3) is 41.2. The molecular weight excluding hydrogens is 713 g/mol. The Kier molecular flexibility index (Phi) is 35.7. The minimum atomic E-state index is -4.64. The van der Waals surface area contributed by atoms with E-state index in [2.05, 4.69) is 68.5 Å². The summed E-state index contributed by atoms with van der Waals surface area (Å²) in [6.45, 7) is 4.04. The zero-order valence-corrected chi connectivity index (χ0v) is 36.5. The molecule has 0 amide bonds. The van der Waals surface area contributed by atoms with E-state index >= 15 is 0 Å². The van der Waals surface area contributed by atoms with Gasteiger partial charge in [-0.1, -0.05) is 158 Å². The molecule has 0 saturated heterocycles. The van der Waals surface area contributed by atoms with Crippen LogP contribution in [0.2, 0.25) is 0 Å². The highest BCUT2D eigenvalue weighted by molar-refractivity contribution is 7.45. The molecule has 9 nitrogen and oxygen atoms in total. The number of ether oxygens (including phenoxy) is 2. The average Bonchev–Trinajstić information content (AvgIpc) is 3.13. The van der Waals surface area contributed by atoms with E-state index in [4.69, 9.17) is 18.5 Å². The Balaban J connectivity index is 4.47. The molecule has 0 aromatic rings. The molecule has 10 heteroatoms. The molecule has 0 saturated carbocycles. The maximum absolute atomic E-state index is 12.7. The van der Waals surface area contributed by atoms with Gasteiger partial charge in [0.05, 0.1) is 27.7 Å². The van der Waals surface area contributed by atoms with Crippen LogP contribution < -0.4 is 4.89 Å². The summed E-state index contributed by atoms with van der Waals surface area (Å²) in [5, 5.41) is 0. The minimum absolute atomic E-state index is 0.0409. The number of carbonyl (C=O) groups excluding carboxylic acids is 2. The molecule has 0 aromatic carbocycles. The second-order valence-corrected chi connectivity index (χ2v) is 16.7. The third-order valence-electron chi connectivity index (χ3n) is 8.80. The number of phosphoric acid groups is 1. The first-order valence-corrected chi connectivity index (χ1v) is 23.0. The van der Waals surface area contributed by atoms with E-state index in [1.54, 1.807) is 0 Å². The summed E-state index contributed by atoms with van der Waals surface area (Å²) in [6.07, 6.45) is 43.9. The van der Waals surface area contributed by atoms with Crippen LogP contribution in [0, 0.1) is 0 Å². The number of quaternary nitrogens is 1. The molecule has 0 rings (SSSR count). The van der Waals surface area contributed by atoms with Crippen LogP contribution in [0.3, 0.4) is 0 Å². The summed E-state index contributed by atoms with van der Waals surface area (Å²) >= 11 is 0. The van der Waals surface area contributed by atoms with Crippen LogP contribution in [0.15, 0.2) is 60.8 Å². The monoisotopic (exact) mass is 794 g/mol. The molecule has 0 spiro atoms. The molecule has 0 heterocycles. The van der Waals surface area contributed by atoms with Gasteiger partial charge in [-0.25, -0.2) is 0 Å². The molecule has 0 aliphatic heterocycles. The van der Waals surface area contributed by atoms with Crippen molar-refractivity contribution in [1.82, 2.24) is 0 Å². The lowest BCUT2D eigenvalue weighted by molar-refractivity contribution is -0.870. The van der Waals surface area contributed by atoms with Gasteiger partial charge in [0.2, 0.25) is 0 Å². The molecular formula is C45H80NO8P. The SMILES string of the molecule is CC/C=C\C/C=C\C/C=C\C/C=C\C/C=C\CCCC(=O)OC[C@H](COP(=O)([O-])OCC[N+](C)(C)C)OC(=O)CCCCCCCCCCCCCCCC. The number of esters is 2. The standard InChI is InChI=1S/C45H80NO8P/c1-6-8-10-12-14-16-18-20-22-23-24-26-27-29-31-33-35-37-44(47)51-41-43(42-53-55(49,50)52-40-39-46(3,4)5)54-45(48)38-36-34-32-30-28-25-21-19-17-15-13-11-9-7-2/h8,10,14,16,20,22,24,26,29,31,43H,6-7,9,11-13,15,17-19,21,23,25,27-28,30,32-42H2,1-5H3/b10-8-,16-14-,22-20-,26-24-,31-29-/t43-/m1/s1. The van der Waals surface area contributed by atoms with Gasteiger partial charge < -0.3 is 27.9 Å². The number of nitrogens with zero attached hydrogens (tertiary/aromatic N) is 1. The Morgan fingerprint density at radius 1 is 0.582 bits per heavy atom. The summed E-state index contributed by atoms with van der Waals surface area (Å²) in [5.41, 5.74) is 0. The van der Waals surface area contributed by atoms with Crippen LogP contribution in [0.5, 0.6) is 0 Å². The van der Waals surface area contributed by atoms with E-state index in [9.17, 15) is 19.0 Å². The fraction of sp³-hybridized carbons (Fsp3) is 0.733. The maximum atomic E-state index is 12.7. The highest BCUT2D eigenvalue weighted by Gasteiger charge is 2.21. The Labute approximate surface area is 336 Å². The van der Waals surface area contributed by atoms with Gasteiger partial charge in [-0.3, -0.25) is 14.2 Å². The minimum Gasteiger partial charge on any atom is -0.756 e. The lowest BCUT2D eigenvalue weighted by Crippen LogP contribution is -2.37. The molecule has 0 aliphatic rings. The van der Waals surface area contributed by atoms with Gasteiger partial charge in [-0.15, -0.1) is 0 Å². The van der Waals surface area contributed by atoms with Gasteiger partial charge in [-0.05, 0) is 51.4 Å². The molecule has 1 unspecified atom stereocenters. The molecule has 0 aliphatic carbocycles. The summed E-state index contributed by atoms with van der Waals surface area (Å²) < 4.78 is 33.8. The van der Waals surface area contributed by atoms with Gasteiger partial charge in [0.15, 0.2) is 6.10 Å². The van der Waals surface area contributed by atoms with Crippen LogP contribution in [-0.4, -0.2) is 70.0 Å². The Morgan fingerprint density at radius 2 is 1.04 bits per heavy atom. The first-order valence-electron chi connectivity index (χ1n) is 21.5. The van der Waals surface area contributed by atoms with Crippen molar-refractivity contribution >= 4 is 19.8 Å². The van der Waals surface area contributed by atoms with E-state index in [1.807, 2.05) is 27.2 Å². The molecule has 0 aromatic heterocycles. The van der Waals surface area contributed by atoms with Gasteiger partial charge in [0.1, 0.15) is 19.8 Å². The average molecular weight is 794 g/mol. The lowest BCUT2D eigenvalue weighted by atomic mass is 10.0. The second-order valence-electron chi connectivity index (χ2n) is 15.3. The van der Waals surface area contributed by atoms with E-state index in [0.717, 1.165) is 57.8 Å². The first kappa shape index (κ1) is 52.7. The number of likely N-dealkylation sites (N-methyl/N-ethyl adjacent to an activating group) is 1. The number of unbranched alkanes of at least 4 members (excludes halogenated alkanes) is 14. The lowest BCUT2D eigenvalue weighted by Gasteiger charge is -2.28. The highest BCUT2D eigenvalue weighted by Crippen LogP contribution is 2.38. The quantitative estimate of drug-likeness (QED) is 0.0200. The Bertz CT molecular complexity index is 1120. The van der Waals surface area contributed by atoms with Crippen molar-refractivity contribution in [3.8, 4) is 0 Å². The predicted octanol–water partition coefficient (Wildman–Crippen LogP) is 11.4. The van der Waals surface area contributed by atoms with E-state index < -0.39 is 32.5 Å². The zero-order chi connectivity index (χ0) is 40.7. The molecule has 0 radical (unpaired) electrons. The smallest absolute Gasteiger partial charge is 0.306 e. The summed E-state index contributed by atoms with van der Waals surface area (Å²) in [5.74, 6) is -0.904. The number of hydrogen-bond acceptors (Lipinski definition) is 8. The number of allylic oxidation sites excluding steroid dienone is 10. The number of carbonyl (C=O) groups is 2. The summed E-state index contributed by atoms with van der Waals surface area (Å²) in [7, 11) is 1.13. The van der Waals surface area contributed by atoms with Crippen LogP contribution in [0.4, 0.5) is 0 Å². The largest absolute Gasteiger partial charge is 0.756 e. The molecule has 0 fully saturated rings. The van der Waals surface area contributed by atoms with E-state index in [1.165, 1.54) is 64.2 Å². The second kappa shape index (κ2) is 37.3. The molecule has 318 valence electrons. The van der Waals surface area contributed by atoms with Crippen molar-refractivity contribution in [1.29, 1.82) is 0 Å². The summed E-state index contributed by atoms with van der Waals surface area (Å²) in [6, 6.07) is 0. The molecule has 2 atom stereocenters. The maximum Gasteiger partial charge on any atom is 0.306 e. The Hall–Kier alpha value is -2.29. The molecule has 0 bridgehead atoms.